The van der Waals surface area contributed by atoms with Crippen molar-refractivity contribution in [2.45, 2.75) is 18.4 Å². The maximum absolute atomic E-state index is 12.9. The van der Waals surface area contributed by atoms with E-state index in [1.165, 1.54) is 29.1 Å². The molecule has 2 heterocycles. The molecule has 2 aromatic heterocycles. The molecular weight excluding hydrogens is 375 g/mol. The zero-order chi connectivity index (χ0) is 19.4. The number of nitrogens with zero attached hydrogens (tertiary/aromatic N) is 5. The van der Waals surface area contributed by atoms with Crippen LogP contribution in [0.1, 0.15) is 11.3 Å². The Labute approximate surface area is 154 Å². The molecule has 9 nitrogen and oxygen atoms in total. The van der Waals surface area contributed by atoms with E-state index in [1.54, 1.807) is 13.0 Å². The Kier molecular flexibility index (Phi) is 5.54. The summed E-state index contributed by atoms with van der Waals surface area (Å²) in [7, 11) is -3.69. The van der Waals surface area contributed by atoms with E-state index >= 15 is 0 Å². The fraction of sp³-hybridized carbons (Fsp3) is 0.250. The second-order valence-electron chi connectivity index (χ2n) is 5.71. The topological polar surface area (TPSA) is 123 Å². The van der Waals surface area contributed by atoms with E-state index in [-0.39, 0.29) is 24.6 Å². The third-order valence-electron chi connectivity index (χ3n) is 3.70. The molecule has 1 aromatic carbocycles. The normalized spacial score (nSPS) is 11.7. The van der Waals surface area contributed by atoms with Gasteiger partial charge in [0.05, 0.1) is 23.4 Å². The maximum atomic E-state index is 12.9. The quantitative estimate of drug-likeness (QED) is 0.600. The lowest BCUT2D eigenvalue weighted by Crippen LogP contribution is -2.26. The first-order valence-corrected chi connectivity index (χ1v) is 9.47. The van der Waals surface area contributed by atoms with Crippen LogP contribution in [0.2, 0.25) is 0 Å². The number of hydrogen-bond donors (Lipinski definition) is 2. The van der Waals surface area contributed by atoms with Gasteiger partial charge < -0.3 is 5.11 Å². The lowest BCUT2D eigenvalue weighted by molar-refractivity contribution is 0.301. The molecule has 2 N–H and O–H groups in total. The molecule has 0 amide bonds. The number of aliphatic hydroxyl groups is 1. The van der Waals surface area contributed by atoms with E-state index in [4.69, 9.17) is 5.11 Å². The van der Waals surface area contributed by atoms with Crippen LogP contribution in [0, 0.1) is 12.7 Å². The lowest BCUT2D eigenvalue weighted by atomic mass is 10.1. The van der Waals surface area contributed by atoms with Crippen molar-refractivity contribution in [1.82, 2.24) is 29.9 Å². The van der Waals surface area contributed by atoms with Crippen molar-refractivity contribution in [3.05, 3.63) is 53.6 Å². The number of hydrogen-bond acceptors (Lipinski definition) is 7. The molecule has 0 bridgehead atoms. The predicted molar refractivity (Wildman–Crippen MR) is 93.6 cm³/mol. The average Bonchev–Trinajstić information content (AvgIpc) is 3.10. The van der Waals surface area contributed by atoms with Crippen molar-refractivity contribution < 1.29 is 17.9 Å². The molecule has 3 aromatic rings. The fourth-order valence-electron chi connectivity index (χ4n) is 2.38. The second-order valence-corrected chi connectivity index (χ2v) is 7.48. The second kappa shape index (κ2) is 7.86. The summed E-state index contributed by atoms with van der Waals surface area (Å²) in [6.45, 7) is 1.62. The Morgan fingerprint density at radius 1 is 1.26 bits per heavy atom. The molecule has 11 heteroatoms. The minimum atomic E-state index is -3.69. The maximum Gasteiger partial charge on any atom is 0.240 e. The van der Waals surface area contributed by atoms with Crippen LogP contribution >= 0.6 is 0 Å². The number of pyridine rings is 1. The van der Waals surface area contributed by atoms with Gasteiger partial charge >= 0.3 is 0 Å². The van der Waals surface area contributed by atoms with Crippen molar-refractivity contribution in [3.8, 4) is 11.4 Å². The first kappa shape index (κ1) is 19.0. The molecule has 0 aliphatic rings. The van der Waals surface area contributed by atoms with Crippen LogP contribution in [0.3, 0.4) is 0 Å². The monoisotopic (exact) mass is 392 g/mol. The van der Waals surface area contributed by atoms with Crippen LogP contribution in [-0.2, 0) is 16.6 Å². The molecule has 0 spiro atoms. The van der Waals surface area contributed by atoms with E-state index in [1.807, 2.05) is 0 Å². The van der Waals surface area contributed by atoms with Crippen molar-refractivity contribution in [2.24, 2.45) is 0 Å². The minimum Gasteiger partial charge on any atom is -0.395 e. The highest BCUT2D eigenvalue weighted by Gasteiger charge is 2.16. The summed E-state index contributed by atoms with van der Waals surface area (Å²) >= 11 is 0. The number of aryl methyl sites for hydroxylation is 1. The van der Waals surface area contributed by atoms with E-state index in [9.17, 15) is 12.8 Å². The summed E-state index contributed by atoms with van der Waals surface area (Å²) in [4.78, 5) is 5.35. The van der Waals surface area contributed by atoms with Gasteiger partial charge in [-0.2, -0.15) is 4.80 Å². The number of benzene rings is 1. The molecule has 0 fully saturated rings. The van der Waals surface area contributed by atoms with Crippen LogP contribution < -0.4 is 4.72 Å². The first-order valence-electron chi connectivity index (χ1n) is 7.99. The number of nitrogens with one attached hydrogen (secondary N) is 1. The summed E-state index contributed by atoms with van der Waals surface area (Å²) < 4.78 is 39.4. The fourth-order valence-corrected chi connectivity index (χ4v) is 3.49. The lowest BCUT2D eigenvalue weighted by Gasteiger charge is -2.08. The first-order chi connectivity index (χ1) is 12.9. The number of aromatic nitrogens is 5. The third-order valence-corrected chi connectivity index (χ3v) is 5.16. The van der Waals surface area contributed by atoms with Gasteiger partial charge in [-0.3, -0.25) is 4.98 Å². The van der Waals surface area contributed by atoms with Gasteiger partial charge in [0.2, 0.25) is 15.8 Å². The average molecular weight is 392 g/mol. The molecule has 0 saturated heterocycles. The highest BCUT2D eigenvalue weighted by atomic mass is 32.2. The third kappa shape index (κ3) is 4.51. The Balaban J connectivity index is 1.81. The molecule has 142 valence electrons. The van der Waals surface area contributed by atoms with Crippen LogP contribution in [-0.4, -0.2) is 51.9 Å². The van der Waals surface area contributed by atoms with Crippen molar-refractivity contribution in [1.29, 1.82) is 0 Å². The molecule has 0 radical (unpaired) electrons. The summed E-state index contributed by atoms with van der Waals surface area (Å²) in [5.41, 5.74) is 1.87. The van der Waals surface area contributed by atoms with Crippen LogP contribution in [0.4, 0.5) is 4.39 Å². The van der Waals surface area contributed by atoms with Crippen molar-refractivity contribution >= 4 is 10.0 Å². The number of rotatable bonds is 7. The van der Waals surface area contributed by atoms with E-state index in [0.717, 1.165) is 6.20 Å². The Bertz CT molecular complexity index is 1040. The molecular formula is C16H17FN6O3S. The Morgan fingerprint density at radius 3 is 2.74 bits per heavy atom. The largest absolute Gasteiger partial charge is 0.395 e. The number of tetrazole rings is 1. The number of halogens is 1. The molecule has 3 rings (SSSR count). The van der Waals surface area contributed by atoms with E-state index in [0.29, 0.717) is 22.6 Å². The van der Waals surface area contributed by atoms with Gasteiger partial charge in [0.25, 0.3) is 0 Å². The van der Waals surface area contributed by atoms with E-state index in [2.05, 4.69) is 25.1 Å². The number of aliphatic hydroxyl groups excluding tert-OH is 1. The van der Waals surface area contributed by atoms with Gasteiger partial charge in [0, 0.05) is 12.1 Å². The smallest absolute Gasteiger partial charge is 0.240 e. The minimum absolute atomic E-state index is 0.0591. The SMILES string of the molecule is Cc1cc(S(=O)(=O)NCCO)ccc1-c1nnn(Cc2ccc(F)cn2)n1. The molecule has 0 atom stereocenters. The molecule has 0 saturated carbocycles. The van der Waals surface area contributed by atoms with E-state index < -0.39 is 15.8 Å². The van der Waals surface area contributed by atoms with Crippen LogP contribution in [0.5, 0.6) is 0 Å². The van der Waals surface area contributed by atoms with Crippen molar-refractivity contribution in [2.75, 3.05) is 13.2 Å². The van der Waals surface area contributed by atoms with Gasteiger partial charge in [-0.1, -0.05) is 0 Å². The van der Waals surface area contributed by atoms with Gasteiger partial charge in [-0.05, 0) is 48.0 Å². The van der Waals surface area contributed by atoms with Gasteiger partial charge in [0.1, 0.15) is 12.4 Å². The zero-order valence-electron chi connectivity index (χ0n) is 14.4. The predicted octanol–water partition coefficient (Wildman–Crippen LogP) is 0.502. The van der Waals surface area contributed by atoms with Crippen molar-refractivity contribution in [3.63, 3.8) is 0 Å². The highest BCUT2D eigenvalue weighted by molar-refractivity contribution is 7.89. The van der Waals surface area contributed by atoms with Gasteiger partial charge in [-0.25, -0.2) is 17.5 Å². The summed E-state index contributed by atoms with van der Waals surface area (Å²) in [6, 6.07) is 7.36. The summed E-state index contributed by atoms with van der Waals surface area (Å²) in [5, 5.41) is 21.0. The van der Waals surface area contributed by atoms with Gasteiger partial charge in [0.15, 0.2) is 0 Å². The summed E-state index contributed by atoms with van der Waals surface area (Å²) in [5.74, 6) is -0.0907. The highest BCUT2D eigenvalue weighted by Crippen LogP contribution is 2.22. The Hall–Kier alpha value is -2.76. The van der Waals surface area contributed by atoms with Gasteiger partial charge in [-0.15, -0.1) is 10.2 Å². The number of sulfonamides is 1. The zero-order valence-corrected chi connectivity index (χ0v) is 15.2. The molecule has 0 unspecified atom stereocenters. The molecule has 27 heavy (non-hydrogen) atoms. The Morgan fingerprint density at radius 2 is 2.07 bits per heavy atom. The van der Waals surface area contributed by atoms with Crippen LogP contribution in [0.25, 0.3) is 11.4 Å². The molecule has 0 aliphatic carbocycles. The van der Waals surface area contributed by atoms with Crippen LogP contribution in [0.15, 0.2) is 41.4 Å². The standard InChI is InChI=1S/C16H17FN6O3S/c1-11-8-14(27(25,26)19-6-7-24)4-5-15(11)16-20-22-23(21-16)10-13-3-2-12(17)9-18-13/h2-5,8-9,19,24H,6-7,10H2,1H3. The summed E-state index contributed by atoms with van der Waals surface area (Å²) in [6.07, 6.45) is 1.11. The molecule has 0 aliphatic heterocycles.